The van der Waals surface area contributed by atoms with Gasteiger partial charge in [0.25, 0.3) is 0 Å². The summed E-state index contributed by atoms with van der Waals surface area (Å²) in [6, 6.07) is 2.03. The predicted octanol–water partition coefficient (Wildman–Crippen LogP) is 2.98. The van der Waals surface area contributed by atoms with Gasteiger partial charge in [0.05, 0.1) is 5.60 Å². The first-order valence-corrected chi connectivity index (χ1v) is 4.80. The summed E-state index contributed by atoms with van der Waals surface area (Å²) in [5.41, 5.74) is -1.35. The van der Waals surface area contributed by atoms with Crippen LogP contribution < -0.4 is 0 Å². The van der Waals surface area contributed by atoms with Gasteiger partial charge in [-0.05, 0) is 37.5 Å². The van der Waals surface area contributed by atoms with Crippen LogP contribution in [0.3, 0.4) is 0 Å². The Hall–Kier alpha value is -1.03. The Balaban J connectivity index is 2.53. The largest absolute Gasteiger partial charge is 0.385 e. The van der Waals surface area contributed by atoms with Crippen LogP contribution in [0.5, 0.6) is 0 Å². The van der Waals surface area contributed by atoms with E-state index in [-0.39, 0.29) is 11.1 Å². The van der Waals surface area contributed by atoms with E-state index in [9.17, 15) is 18.3 Å². The molecule has 1 aromatic rings. The van der Waals surface area contributed by atoms with E-state index < -0.39 is 23.4 Å². The molecule has 1 unspecified atom stereocenters. The van der Waals surface area contributed by atoms with Crippen LogP contribution >= 0.6 is 0 Å². The van der Waals surface area contributed by atoms with Crippen LogP contribution in [-0.2, 0) is 5.60 Å². The molecule has 1 atom stereocenters. The highest BCUT2D eigenvalue weighted by Crippen LogP contribution is 2.47. The van der Waals surface area contributed by atoms with Crippen LogP contribution in [-0.4, -0.2) is 5.11 Å². The molecule has 15 heavy (non-hydrogen) atoms. The lowest BCUT2D eigenvalue weighted by Crippen LogP contribution is -2.10. The molecule has 1 aromatic carbocycles. The zero-order chi connectivity index (χ0) is 11.2. The highest BCUT2D eigenvalue weighted by Gasteiger charge is 2.45. The molecule has 4 heteroatoms. The molecule has 0 saturated heterocycles. The Labute approximate surface area is 85.5 Å². The van der Waals surface area contributed by atoms with Crippen molar-refractivity contribution in [1.29, 1.82) is 0 Å². The molecule has 0 amide bonds. The van der Waals surface area contributed by atoms with Crippen molar-refractivity contribution in [2.24, 2.45) is 0 Å². The average molecular weight is 216 g/mol. The molecule has 1 aliphatic rings. The van der Waals surface area contributed by atoms with Crippen molar-refractivity contribution in [3.05, 3.63) is 34.9 Å². The Morgan fingerprint density at radius 3 is 2.40 bits per heavy atom. The third-order valence-corrected chi connectivity index (χ3v) is 2.73. The number of hydrogen-bond donors (Lipinski definition) is 1. The minimum Gasteiger partial charge on any atom is -0.385 e. The number of alkyl halides is 1. The molecular weight excluding hydrogens is 205 g/mol. The van der Waals surface area contributed by atoms with E-state index in [0.29, 0.717) is 12.8 Å². The Morgan fingerprint density at radius 2 is 1.93 bits per heavy atom. The van der Waals surface area contributed by atoms with Gasteiger partial charge in [-0.1, -0.05) is 0 Å². The first-order chi connectivity index (χ1) is 6.94. The molecule has 0 heterocycles. The van der Waals surface area contributed by atoms with Crippen LogP contribution in [0.1, 0.15) is 37.1 Å². The van der Waals surface area contributed by atoms with Crippen LogP contribution in [0.2, 0.25) is 0 Å². The highest BCUT2D eigenvalue weighted by atomic mass is 19.2. The number of benzene rings is 1. The normalized spacial score (nSPS) is 20.1. The van der Waals surface area contributed by atoms with Gasteiger partial charge < -0.3 is 5.11 Å². The van der Waals surface area contributed by atoms with Gasteiger partial charge in [0, 0.05) is 5.56 Å². The summed E-state index contributed by atoms with van der Waals surface area (Å²) in [6.45, 7) is 1.24. The Morgan fingerprint density at radius 1 is 1.33 bits per heavy atom. The van der Waals surface area contributed by atoms with Gasteiger partial charge in [-0.2, -0.15) is 0 Å². The van der Waals surface area contributed by atoms with E-state index in [1.54, 1.807) is 0 Å². The highest BCUT2D eigenvalue weighted by molar-refractivity contribution is 5.34. The zero-order valence-electron chi connectivity index (χ0n) is 8.23. The first kappa shape index (κ1) is 10.5. The van der Waals surface area contributed by atoms with E-state index in [4.69, 9.17) is 0 Å². The van der Waals surface area contributed by atoms with Crippen molar-refractivity contribution in [2.75, 3.05) is 0 Å². The van der Waals surface area contributed by atoms with Crippen molar-refractivity contribution >= 4 is 0 Å². The summed E-state index contributed by atoms with van der Waals surface area (Å²) in [6.07, 6.45) is -0.581. The van der Waals surface area contributed by atoms with Crippen LogP contribution in [0, 0.1) is 11.6 Å². The fourth-order valence-corrected chi connectivity index (χ4v) is 1.57. The molecule has 1 saturated carbocycles. The molecule has 0 aromatic heterocycles. The molecule has 82 valence electrons. The standard InChI is InChI=1S/C11H11F3O/c1-6(12)7-4-8(11(15)2-3-11)10(14)9(13)5-7/h4-6,15H,2-3H2,1H3. The molecule has 1 nitrogen and oxygen atoms in total. The van der Waals surface area contributed by atoms with E-state index in [2.05, 4.69) is 0 Å². The summed E-state index contributed by atoms with van der Waals surface area (Å²) < 4.78 is 39.4. The van der Waals surface area contributed by atoms with Gasteiger partial charge in [-0.25, -0.2) is 13.2 Å². The maximum Gasteiger partial charge on any atom is 0.164 e. The van der Waals surface area contributed by atoms with Crippen molar-refractivity contribution in [3.8, 4) is 0 Å². The fourth-order valence-electron chi connectivity index (χ4n) is 1.57. The van der Waals surface area contributed by atoms with Gasteiger partial charge in [0.2, 0.25) is 0 Å². The van der Waals surface area contributed by atoms with Gasteiger partial charge in [0.1, 0.15) is 6.17 Å². The van der Waals surface area contributed by atoms with E-state index in [0.717, 1.165) is 6.07 Å². The van der Waals surface area contributed by atoms with Gasteiger partial charge >= 0.3 is 0 Å². The molecule has 0 spiro atoms. The second-order valence-corrected chi connectivity index (χ2v) is 4.01. The predicted molar refractivity (Wildman–Crippen MR) is 49.0 cm³/mol. The minimum absolute atomic E-state index is 0.0595. The smallest absolute Gasteiger partial charge is 0.164 e. The summed E-state index contributed by atoms with van der Waals surface area (Å²) in [7, 11) is 0. The number of hydrogen-bond acceptors (Lipinski definition) is 1. The van der Waals surface area contributed by atoms with Gasteiger partial charge in [-0.3, -0.25) is 0 Å². The van der Waals surface area contributed by atoms with Crippen molar-refractivity contribution in [1.82, 2.24) is 0 Å². The summed E-state index contributed by atoms with van der Waals surface area (Å²) in [4.78, 5) is 0. The van der Waals surface area contributed by atoms with Crippen LogP contribution in [0.25, 0.3) is 0 Å². The quantitative estimate of drug-likeness (QED) is 0.805. The molecule has 1 N–H and O–H groups in total. The molecular formula is C11H11F3O. The van der Waals surface area contributed by atoms with Crippen molar-refractivity contribution in [3.63, 3.8) is 0 Å². The second kappa shape index (κ2) is 3.23. The van der Waals surface area contributed by atoms with Gasteiger partial charge in [0.15, 0.2) is 11.6 Å². The fraction of sp³-hybridized carbons (Fsp3) is 0.455. The van der Waals surface area contributed by atoms with E-state index in [1.165, 1.54) is 13.0 Å². The second-order valence-electron chi connectivity index (χ2n) is 4.01. The first-order valence-electron chi connectivity index (χ1n) is 4.80. The number of rotatable bonds is 2. The third-order valence-electron chi connectivity index (χ3n) is 2.73. The molecule has 1 fully saturated rings. The molecule has 0 aliphatic heterocycles. The van der Waals surface area contributed by atoms with Crippen molar-refractivity contribution in [2.45, 2.75) is 31.5 Å². The monoisotopic (exact) mass is 216 g/mol. The lowest BCUT2D eigenvalue weighted by atomic mass is 10.0. The maximum absolute atomic E-state index is 13.3. The van der Waals surface area contributed by atoms with Gasteiger partial charge in [-0.15, -0.1) is 0 Å². The summed E-state index contributed by atoms with van der Waals surface area (Å²) in [5.74, 6) is -2.17. The summed E-state index contributed by atoms with van der Waals surface area (Å²) in [5, 5.41) is 9.68. The lowest BCUT2D eigenvalue weighted by molar-refractivity contribution is 0.145. The average Bonchev–Trinajstić information content (AvgIpc) is 2.89. The topological polar surface area (TPSA) is 20.2 Å². The molecule has 0 bridgehead atoms. The maximum atomic E-state index is 13.3. The van der Waals surface area contributed by atoms with E-state index in [1.807, 2.05) is 0 Å². The zero-order valence-corrected chi connectivity index (χ0v) is 8.23. The van der Waals surface area contributed by atoms with Crippen LogP contribution in [0.4, 0.5) is 13.2 Å². The number of halogens is 3. The minimum atomic E-state index is -1.37. The molecule has 2 rings (SSSR count). The molecule has 1 aliphatic carbocycles. The summed E-state index contributed by atoms with van der Waals surface area (Å²) >= 11 is 0. The van der Waals surface area contributed by atoms with E-state index >= 15 is 0 Å². The third kappa shape index (κ3) is 1.74. The SMILES string of the molecule is CC(F)c1cc(F)c(F)c(C2(O)CC2)c1. The number of aliphatic hydroxyl groups is 1. The molecule has 0 radical (unpaired) electrons. The lowest BCUT2D eigenvalue weighted by Gasteiger charge is -2.12. The van der Waals surface area contributed by atoms with Crippen molar-refractivity contribution < 1.29 is 18.3 Å². The Bertz CT molecular complexity index is 397. The van der Waals surface area contributed by atoms with Crippen LogP contribution in [0.15, 0.2) is 12.1 Å². The Kier molecular flexibility index (Phi) is 2.26.